The van der Waals surface area contributed by atoms with E-state index in [1.807, 2.05) is 32.0 Å². The van der Waals surface area contributed by atoms with Crippen LogP contribution in [-0.2, 0) is 0 Å². The van der Waals surface area contributed by atoms with Gasteiger partial charge in [-0.05, 0) is 0 Å². The van der Waals surface area contributed by atoms with Gasteiger partial charge >= 0.3 is 88.5 Å². The predicted octanol–water partition coefficient (Wildman–Crippen LogP) is 3.17. The number of hydrogen-bond donors (Lipinski definition) is 0. The Morgan fingerprint density at radius 1 is 1.08 bits per heavy atom. The molecule has 0 aliphatic heterocycles. The fourth-order valence-electron chi connectivity index (χ4n) is 1.06. The van der Waals surface area contributed by atoms with Crippen LogP contribution in [0.15, 0.2) is 18.2 Å². The van der Waals surface area contributed by atoms with Crippen molar-refractivity contribution >= 4 is 45.3 Å². The Labute approximate surface area is 87.8 Å². The van der Waals surface area contributed by atoms with Gasteiger partial charge in [0.05, 0.1) is 0 Å². The number of aryl methyl sites for hydroxylation is 1. The molecule has 0 nitrogen and oxygen atoms in total. The molecule has 0 aromatic heterocycles. The molecular formula is C8H9Cl3Sn. The summed E-state index contributed by atoms with van der Waals surface area (Å²) in [4.78, 5) is 0. The zero-order valence-electron chi connectivity index (χ0n) is 6.87. The van der Waals surface area contributed by atoms with Crippen molar-refractivity contribution < 1.29 is 0 Å². The molecule has 0 saturated heterocycles. The van der Waals surface area contributed by atoms with E-state index in [4.69, 9.17) is 26.8 Å². The Morgan fingerprint density at radius 3 is 2.08 bits per heavy atom. The molecule has 66 valence electrons. The molecule has 0 radical (unpaired) electrons. The average molecular weight is 330 g/mol. The summed E-state index contributed by atoms with van der Waals surface area (Å²) < 4.78 is 0.967. The van der Waals surface area contributed by atoms with Gasteiger partial charge in [-0.15, -0.1) is 0 Å². The maximum atomic E-state index is 5.98. The molecule has 0 aliphatic carbocycles. The van der Waals surface area contributed by atoms with Crippen molar-refractivity contribution in [3.8, 4) is 0 Å². The van der Waals surface area contributed by atoms with Crippen molar-refractivity contribution in [2.24, 2.45) is 0 Å². The van der Waals surface area contributed by atoms with Gasteiger partial charge in [-0.3, -0.25) is 0 Å². The molecule has 0 saturated carbocycles. The third kappa shape index (κ3) is 2.44. The van der Waals surface area contributed by atoms with Crippen LogP contribution >= 0.6 is 26.8 Å². The Balaban J connectivity index is 3.26. The minimum absolute atomic E-state index is 0.967. The minimum atomic E-state index is -3.40. The van der Waals surface area contributed by atoms with E-state index < -0.39 is 15.0 Å². The Bertz CT molecular complexity index is 291. The second-order valence-electron chi connectivity index (χ2n) is 2.75. The van der Waals surface area contributed by atoms with Crippen LogP contribution in [0.25, 0.3) is 0 Å². The first-order valence-corrected chi connectivity index (χ1v) is 15.8. The molecule has 4 heteroatoms. The molecule has 0 fully saturated rings. The quantitative estimate of drug-likeness (QED) is 0.694. The van der Waals surface area contributed by atoms with Crippen LogP contribution in [0, 0.1) is 13.8 Å². The summed E-state index contributed by atoms with van der Waals surface area (Å²) in [5.41, 5.74) is 2.32. The molecule has 0 amide bonds. The van der Waals surface area contributed by atoms with Gasteiger partial charge in [0.2, 0.25) is 0 Å². The van der Waals surface area contributed by atoms with Crippen LogP contribution in [0.4, 0.5) is 0 Å². The number of rotatable bonds is 1. The third-order valence-corrected chi connectivity index (χ3v) is 9.30. The Hall–Kier alpha value is 0.889. The first-order valence-electron chi connectivity index (χ1n) is 3.56. The standard InChI is InChI=1S/C8H9.3ClH.Sn/c1-7-5-3-4-6-8(7)2;;;;/h3-5H,1-2H3;3*1H;/q;;;;+3/p-3. The van der Waals surface area contributed by atoms with E-state index in [2.05, 4.69) is 0 Å². The van der Waals surface area contributed by atoms with Gasteiger partial charge in [0.15, 0.2) is 0 Å². The van der Waals surface area contributed by atoms with E-state index in [0.29, 0.717) is 0 Å². The number of hydrogen-bond acceptors (Lipinski definition) is 0. The van der Waals surface area contributed by atoms with Crippen LogP contribution in [0.2, 0.25) is 0 Å². The zero-order valence-corrected chi connectivity index (χ0v) is 12.0. The first kappa shape index (κ1) is 11.0. The number of benzene rings is 1. The molecule has 1 rings (SSSR count). The summed E-state index contributed by atoms with van der Waals surface area (Å²) in [6.07, 6.45) is 0. The molecule has 1 aromatic rings. The van der Waals surface area contributed by atoms with E-state index in [1.54, 1.807) is 0 Å². The van der Waals surface area contributed by atoms with Gasteiger partial charge in [-0.25, -0.2) is 0 Å². The van der Waals surface area contributed by atoms with Gasteiger partial charge < -0.3 is 0 Å². The van der Waals surface area contributed by atoms with E-state index in [1.165, 1.54) is 5.56 Å². The summed E-state index contributed by atoms with van der Waals surface area (Å²) in [7, 11) is 17.9. The fraction of sp³-hybridized carbons (Fsp3) is 0.250. The van der Waals surface area contributed by atoms with Crippen LogP contribution < -0.4 is 3.58 Å². The topological polar surface area (TPSA) is 0 Å². The van der Waals surface area contributed by atoms with Gasteiger partial charge in [-0.1, -0.05) is 0 Å². The summed E-state index contributed by atoms with van der Waals surface area (Å²) in [5, 5.41) is 0. The van der Waals surface area contributed by atoms with Gasteiger partial charge in [0.1, 0.15) is 0 Å². The molecule has 0 atom stereocenters. The van der Waals surface area contributed by atoms with Crippen molar-refractivity contribution in [3.05, 3.63) is 29.3 Å². The van der Waals surface area contributed by atoms with Crippen molar-refractivity contribution in [2.75, 3.05) is 0 Å². The summed E-state index contributed by atoms with van der Waals surface area (Å²) >= 11 is -3.40. The molecule has 0 N–H and O–H groups in total. The Kier molecular flexibility index (Phi) is 3.61. The molecule has 0 aliphatic rings. The molecule has 0 heterocycles. The second kappa shape index (κ2) is 3.95. The predicted molar refractivity (Wildman–Crippen MR) is 58.9 cm³/mol. The molecule has 1 aromatic carbocycles. The molecular weight excluding hydrogens is 321 g/mol. The monoisotopic (exact) mass is 330 g/mol. The second-order valence-corrected chi connectivity index (χ2v) is 22.4. The summed E-state index contributed by atoms with van der Waals surface area (Å²) in [6.45, 7) is 4.03. The third-order valence-electron chi connectivity index (χ3n) is 1.91. The van der Waals surface area contributed by atoms with Gasteiger partial charge in [0.25, 0.3) is 0 Å². The summed E-state index contributed by atoms with van der Waals surface area (Å²) in [6, 6.07) is 5.89. The molecule has 0 unspecified atom stereocenters. The van der Waals surface area contributed by atoms with Crippen molar-refractivity contribution in [1.82, 2.24) is 0 Å². The van der Waals surface area contributed by atoms with Gasteiger partial charge in [-0.2, -0.15) is 0 Å². The van der Waals surface area contributed by atoms with E-state index in [0.717, 1.165) is 9.14 Å². The zero-order chi connectivity index (χ0) is 9.35. The SMILES string of the molecule is Cc1ccc[c]([Sn]([Cl])([Cl])[Cl])c1C. The van der Waals surface area contributed by atoms with Crippen LogP contribution in [0.3, 0.4) is 0 Å². The summed E-state index contributed by atoms with van der Waals surface area (Å²) in [5.74, 6) is 0. The number of halogens is 3. The average Bonchev–Trinajstić information content (AvgIpc) is 1.92. The van der Waals surface area contributed by atoms with E-state index >= 15 is 0 Å². The van der Waals surface area contributed by atoms with Crippen molar-refractivity contribution in [1.29, 1.82) is 0 Å². The fourth-order valence-corrected chi connectivity index (χ4v) is 7.77. The molecule has 0 bridgehead atoms. The van der Waals surface area contributed by atoms with Crippen LogP contribution in [0.5, 0.6) is 0 Å². The van der Waals surface area contributed by atoms with Crippen molar-refractivity contribution in [2.45, 2.75) is 13.8 Å². The first-order chi connectivity index (χ1) is 5.43. The van der Waals surface area contributed by atoms with E-state index in [-0.39, 0.29) is 0 Å². The van der Waals surface area contributed by atoms with Crippen LogP contribution in [-0.4, -0.2) is 15.0 Å². The van der Waals surface area contributed by atoms with E-state index in [9.17, 15) is 0 Å². The maximum absolute atomic E-state index is 5.98. The van der Waals surface area contributed by atoms with Crippen molar-refractivity contribution in [3.63, 3.8) is 0 Å². The van der Waals surface area contributed by atoms with Crippen LogP contribution in [0.1, 0.15) is 11.1 Å². The molecule has 0 spiro atoms. The normalized spacial score (nSPS) is 11.8. The van der Waals surface area contributed by atoms with Gasteiger partial charge in [0, 0.05) is 0 Å². The Morgan fingerprint density at radius 2 is 1.67 bits per heavy atom. The molecule has 12 heavy (non-hydrogen) atoms.